The third-order valence-corrected chi connectivity index (χ3v) is 6.54. The molecule has 2 aromatic rings. The molecule has 4 N–H and O–H groups in total. The topological polar surface area (TPSA) is 127 Å². The van der Waals surface area contributed by atoms with Gasteiger partial charge in [0.1, 0.15) is 24.1 Å². The van der Waals surface area contributed by atoms with Crippen LogP contribution >= 0.6 is 0 Å². The van der Waals surface area contributed by atoms with Gasteiger partial charge in [0.05, 0.1) is 12.9 Å². The summed E-state index contributed by atoms with van der Waals surface area (Å²) in [6, 6.07) is 0.604. The van der Waals surface area contributed by atoms with E-state index in [9.17, 15) is 0 Å². The Morgan fingerprint density at radius 1 is 1.27 bits per heavy atom. The molecule has 2 saturated heterocycles. The second-order valence-corrected chi connectivity index (χ2v) is 9.00. The first kappa shape index (κ1) is 20.1. The first-order valence-electron chi connectivity index (χ1n) is 10.8. The van der Waals surface area contributed by atoms with Crippen LogP contribution in [0.3, 0.4) is 0 Å². The quantitative estimate of drug-likeness (QED) is 0.673. The number of aromatic nitrogens is 4. The van der Waals surface area contributed by atoms with Crippen molar-refractivity contribution < 1.29 is 14.2 Å². The molecule has 3 unspecified atom stereocenters. The van der Waals surface area contributed by atoms with Crippen molar-refractivity contribution in [2.45, 2.75) is 69.3 Å². The average Bonchev–Trinajstić information content (AvgIpc) is 3.30. The number of rotatable bonds is 7. The molecule has 0 bridgehead atoms. The van der Waals surface area contributed by atoms with E-state index in [4.69, 9.17) is 25.7 Å². The van der Waals surface area contributed by atoms with Crippen molar-refractivity contribution in [3.05, 3.63) is 12.7 Å². The highest BCUT2D eigenvalue weighted by Crippen LogP contribution is 2.48. The van der Waals surface area contributed by atoms with Gasteiger partial charge in [-0.05, 0) is 46.2 Å². The Kier molecular flexibility index (Phi) is 4.94. The van der Waals surface area contributed by atoms with Crippen LogP contribution in [0, 0.1) is 0 Å². The van der Waals surface area contributed by atoms with Crippen LogP contribution in [0.1, 0.15) is 39.5 Å². The molecule has 1 saturated carbocycles. The van der Waals surface area contributed by atoms with Crippen LogP contribution in [-0.4, -0.2) is 74.7 Å². The van der Waals surface area contributed by atoms with Gasteiger partial charge in [-0.2, -0.15) is 0 Å². The van der Waals surface area contributed by atoms with Crippen molar-refractivity contribution >= 4 is 17.0 Å². The Morgan fingerprint density at radius 2 is 2.10 bits per heavy atom. The highest BCUT2D eigenvalue weighted by molar-refractivity contribution is 5.81. The van der Waals surface area contributed by atoms with Crippen molar-refractivity contribution in [3.8, 4) is 0 Å². The summed E-state index contributed by atoms with van der Waals surface area (Å²) in [5.41, 5.74) is 12.1. The molecule has 2 aromatic heterocycles. The molecular formula is C20H31N7O3. The fraction of sp³-hybridized carbons (Fsp3) is 0.750. The van der Waals surface area contributed by atoms with E-state index in [1.165, 1.54) is 25.6 Å². The first-order chi connectivity index (χ1) is 14.4. The van der Waals surface area contributed by atoms with Gasteiger partial charge in [0.15, 0.2) is 17.3 Å². The molecule has 10 heteroatoms. The fourth-order valence-corrected chi connectivity index (χ4v) is 4.93. The lowest BCUT2D eigenvalue weighted by molar-refractivity contribution is -0.206. The van der Waals surface area contributed by atoms with Gasteiger partial charge in [-0.1, -0.05) is 6.42 Å². The monoisotopic (exact) mass is 417 g/mol. The predicted molar refractivity (Wildman–Crippen MR) is 110 cm³/mol. The maximum Gasteiger partial charge on any atom is 0.203 e. The molecule has 4 heterocycles. The number of anilines is 1. The van der Waals surface area contributed by atoms with Crippen LogP contribution in [0.25, 0.3) is 11.2 Å². The van der Waals surface area contributed by atoms with Gasteiger partial charge in [-0.15, -0.1) is 0 Å². The molecule has 3 atom stereocenters. The zero-order valence-electron chi connectivity index (χ0n) is 17.7. The Hall–Kier alpha value is -1.85. The minimum atomic E-state index is -0.844. The summed E-state index contributed by atoms with van der Waals surface area (Å²) in [6.45, 7) is 6.69. The van der Waals surface area contributed by atoms with Crippen molar-refractivity contribution in [2.24, 2.45) is 5.73 Å². The smallest absolute Gasteiger partial charge is 0.203 e. The number of hydrogen-bond donors (Lipinski definition) is 2. The molecular weight excluding hydrogens is 386 g/mol. The summed E-state index contributed by atoms with van der Waals surface area (Å²) in [5, 5.41) is 0. The second kappa shape index (κ2) is 7.38. The van der Waals surface area contributed by atoms with Crippen LogP contribution in [0.5, 0.6) is 0 Å². The molecule has 0 aromatic carbocycles. The van der Waals surface area contributed by atoms with Crippen molar-refractivity contribution in [3.63, 3.8) is 0 Å². The molecule has 30 heavy (non-hydrogen) atoms. The highest BCUT2D eigenvalue weighted by atomic mass is 16.8. The van der Waals surface area contributed by atoms with Crippen molar-refractivity contribution in [2.75, 3.05) is 32.0 Å². The van der Waals surface area contributed by atoms with Gasteiger partial charge in [0.2, 0.25) is 5.72 Å². The highest BCUT2D eigenvalue weighted by Gasteiger charge is 2.63. The summed E-state index contributed by atoms with van der Waals surface area (Å²) in [6.07, 6.45) is 7.47. The SMILES string of the molecule is CC1(C)OC2C(CN(CCCN)C3CCC3)OCC2(n2cnc3c(N)ncnc32)O1. The summed E-state index contributed by atoms with van der Waals surface area (Å²) in [7, 11) is 0. The summed E-state index contributed by atoms with van der Waals surface area (Å²) in [4.78, 5) is 15.4. The number of hydrogen-bond acceptors (Lipinski definition) is 9. The summed E-state index contributed by atoms with van der Waals surface area (Å²) in [5.74, 6) is -0.404. The van der Waals surface area contributed by atoms with Crippen LogP contribution in [0.2, 0.25) is 0 Å². The van der Waals surface area contributed by atoms with E-state index in [1.807, 2.05) is 18.4 Å². The molecule has 5 rings (SSSR count). The average molecular weight is 418 g/mol. The maximum atomic E-state index is 6.48. The van der Waals surface area contributed by atoms with Crippen molar-refractivity contribution in [1.29, 1.82) is 0 Å². The lowest BCUT2D eigenvalue weighted by Crippen LogP contribution is -2.50. The third kappa shape index (κ3) is 3.18. The predicted octanol–water partition coefficient (Wildman–Crippen LogP) is 0.815. The lowest BCUT2D eigenvalue weighted by Gasteiger charge is -2.39. The summed E-state index contributed by atoms with van der Waals surface area (Å²) >= 11 is 0. The number of nitrogen functional groups attached to an aromatic ring is 1. The van der Waals surface area contributed by atoms with E-state index < -0.39 is 11.5 Å². The van der Waals surface area contributed by atoms with Gasteiger partial charge in [-0.3, -0.25) is 9.47 Å². The van der Waals surface area contributed by atoms with Crippen LogP contribution in [0.15, 0.2) is 12.7 Å². The third-order valence-electron chi connectivity index (χ3n) is 6.54. The number of ether oxygens (including phenoxy) is 3. The lowest BCUT2D eigenvalue weighted by atomic mass is 9.90. The molecule has 3 fully saturated rings. The van der Waals surface area contributed by atoms with Gasteiger partial charge in [0.25, 0.3) is 0 Å². The first-order valence-corrected chi connectivity index (χ1v) is 10.8. The van der Waals surface area contributed by atoms with E-state index in [2.05, 4.69) is 19.9 Å². The zero-order valence-corrected chi connectivity index (χ0v) is 17.7. The molecule has 0 amide bonds. The van der Waals surface area contributed by atoms with E-state index in [0.29, 0.717) is 36.2 Å². The number of imidazole rings is 1. The zero-order chi connectivity index (χ0) is 20.9. The molecule has 0 radical (unpaired) electrons. The molecule has 2 aliphatic heterocycles. The van der Waals surface area contributed by atoms with Gasteiger partial charge < -0.3 is 25.7 Å². The van der Waals surface area contributed by atoms with E-state index in [-0.39, 0.29) is 12.2 Å². The molecule has 0 spiro atoms. The normalized spacial score (nSPS) is 30.8. The number of nitrogens with zero attached hydrogens (tertiary/aromatic N) is 5. The molecule has 3 aliphatic rings. The summed E-state index contributed by atoms with van der Waals surface area (Å²) < 4.78 is 21.1. The van der Waals surface area contributed by atoms with E-state index >= 15 is 0 Å². The molecule has 1 aliphatic carbocycles. The second-order valence-electron chi connectivity index (χ2n) is 9.00. The standard InChI is InChI=1S/C20H31N7O3/c1-19(2)29-16-14(9-26(8-4-7-21)13-5-3-6-13)28-10-20(16,30-19)27-12-25-15-17(22)23-11-24-18(15)27/h11-14,16H,3-10,21H2,1-2H3,(H2,22,23,24). The Balaban J connectivity index is 1.47. The van der Waals surface area contributed by atoms with Crippen LogP contribution < -0.4 is 11.5 Å². The van der Waals surface area contributed by atoms with Crippen molar-refractivity contribution in [1.82, 2.24) is 24.4 Å². The van der Waals surface area contributed by atoms with Gasteiger partial charge in [-0.25, -0.2) is 15.0 Å². The van der Waals surface area contributed by atoms with Crippen LogP contribution in [-0.2, 0) is 19.9 Å². The Bertz CT molecular complexity index is 915. The minimum absolute atomic E-state index is 0.123. The van der Waals surface area contributed by atoms with Gasteiger partial charge in [0, 0.05) is 12.6 Å². The largest absolute Gasteiger partial charge is 0.382 e. The molecule has 10 nitrogen and oxygen atoms in total. The maximum absolute atomic E-state index is 6.48. The Labute approximate surface area is 175 Å². The van der Waals surface area contributed by atoms with E-state index in [0.717, 1.165) is 19.5 Å². The Morgan fingerprint density at radius 3 is 2.83 bits per heavy atom. The van der Waals surface area contributed by atoms with Crippen LogP contribution in [0.4, 0.5) is 5.82 Å². The number of fused-ring (bicyclic) bond motifs is 2. The molecule has 164 valence electrons. The number of nitrogens with two attached hydrogens (primary N) is 2. The minimum Gasteiger partial charge on any atom is -0.382 e. The van der Waals surface area contributed by atoms with E-state index in [1.54, 1.807) is 6.33 Å². The van der Waals surface area contributed by atoms with Gasteiger partial charge >= 0.3 is 0 Å². The fourth-order valence-electron chi connectivity index (χ4n) is 4.93.